The van der Waals surface area contributed by atoms with E-state index < -0.39 is 0 Å². The largest absolute Gasteiger partial charge is 0.493 e. The molecule has 0 radical (unpaired) electrons. The molecule has 2 aromatic rings. The zero-order valence-corrected chi connectivity index (χ0v) is 16.4. The van der Waals surface area contributed by atoms with Crippen molar-refractivity contribution in [2.24, 2.45) is 0 Å². The highest BCUT2D eigenvalue weighted by Crippen LogP contribution is 2.33. The quantitative estimate of drug-likeness (QED) is 0.731. The van der Waals surface area contributed by atoms with E-state index in [0.717, 1.165) is 24.3 Å². The number of thiazole rings is 1. The van der Waals surface area contributed by atoms with E-state index in [9.17, 15) is 0 Å². The second-order valence-corrected chi connectivity index (χ2v) is 7.76. The average molecular weight is 361 g/mol. The molecule has 3 rings (SSSR count). The highest BCUT2D eigenvalue weighted by molar-refractivity contribution is 7.11. The third kappa shape index (κ3) is 4.15. The zero-order chi connectivity index (χ0) is 17.8. The molecule has 0 fully saturated rings. The number of benzene rings is 1. The Balaban J connectivity index is 1.68. The second-order valence-electron chi connectivity index (χ2n) is 6.64. The van der Waals surface area contributed by atoms with Gasteiger partial charge in [0.2, 0.25) is 0 Å². The van der Waals surface area contributed by atoms with Gasteiger partial charge in [-0.25, -0.2) is 4.98 Å². The standard InChI is InChI=1S/C20H28N2O2S/c1-5-11-24-17-10-9-15(12-18(17)23-4)13(2)21-14(3)20-22-16-7-6-8-19(16)25-20/h9-10,12-14,21H,5-8,11H2,1-4H3/t13-,14-/m0/s1. The third-order valence-corrected chi connectivity index (χ3v) is 5.97. The van der Waals surface area contributed by atoms with Crippen LogP contribution in [0.5, 0.6) is 11.5 Å². The molecule has 1 aliphatic rings. The van der Waals surface area contributed by atoms with Crippen LogP contribution in [0.1, 0.15) is 66.8 Å². The van der Waals surface area contributed by atoms with E-state index in [1.165, 1.54) is 34.0 Å². The number of nitrogens with one attached hydrogen (secondary N) is 1. The number of fused-ring (bicyclic) bond motifs is 1. The van der Waals surface area contributed by atoms with Gasteiger partial charge in [-0.3, -0.25) is 0 Å². The van der Waals surface area contributed by atoms with Crippen LogP contribution in [0.15, 0.2) is 18.2 Å². The molecule has 0 saturated carbocycles. The summed E-state index contributed by atoms with van der Waals surface area (Å²) >= 11 is 1.87. The first-order valence-corrected chi connectivity index (χ1v) is 9.99. The number of rotatable bonds is 8. The van der Waals surface area contributed by atoms with Gasteiger partial charge in [0, 0.05) is 10.9 Å². The van der Waals surface area contributed by atoms with Gasteiger partial charge in [0.25, 0.3) is 0 Å². The number of methoxy groups -OCH3 is 1. The summed E-state index contributed by atoms with van der Waals surface area (Å²) in [5, 5.41) is 4.87. The van der Waals surface area contributed by atoms with Crippen molar-refractivity contribution >= 4 is 11.3 Å². The van der Waals surface area contributed by atoms with Crippen LogP contribution in [0, 0.1) is 0 Å². The number of aryl methyl sites for hydroxylation is 2. The first-order valence-electron chi connectivity index (χ1n) is 9.17. The highest BCUT2D eigenvalue weighted by atomic mass is 32.1. The summed E-state index contributed by atoms with van der Waals surface area (Å²) in [6, 6.07) is 6.64. The predicted molar refractivity (Wildman–Crippen MR) is 103 cm³/mol. The Morgan fingerprint density at radius 2 is 2.04 bits per heavy atom. The van der Waals surface area contributed by atoms with Gasteiger partial charge < -0.3 is 14.8 Å². The molecule has 0 bridgehead atoms. The Morgan fingerprint density at radius 1 is 1.20 bits per heavy atom. The maximum Gasteiger partial charge on any atom is 0.161 e. The van der Waals surface area contributed by atoms with Crippen LogP contribution < -0.4 is 14.8 Å². The van der Waals surface area contributed by atoms with Crippen molar-refractivity contribution in [1.82, 2.24) is 10.3 Å². The van der Waals surface area contributed by atoms with Crippen LogP contribution in [0.2, 0.25) is 0 Å². The van der Waals surface area contributed by atoms with Gasteiger partial charge in [0.1, 0.15) is 5.01 Å². The maximum absolute atomic E-state index is 5.74. The molecule has 1 N–H and O–H groups in total. The summed E-state index contributed by atoms with van der Waals surface area (Å²) in [4.78, 5) is 6.31. The molecule has 1 aromatic heterocycles. The Bertz CT molecular complexity index is 692. The third-order valence-electron chi connectivity index (χ3n) is 4.63. The Morgan fingerprint density at radius 3 is 2.76 bits per heavy atom. The summed E-state index contributed by atoms with van der Waals surface area (Å²) in [5.74, 6) is 1.60. The molecule has 136 valence electrons. The van der Waals surface area contributed by atoms with Crippen LogP contribution in [0.3, 0.4) is 0 Å². The van der Waals surface area contributed by atoms with Crippen molar-refractivity contribution in [3.8, 4) is 11.5 Å². The fourth-order valence-electron chi connectivity index (χ4n) is 3.22. The molecule has 0 unspecified atom stereocenters. The summed E-state index contributed by atoms with van der Waals surface area (Å²) in [5.41, 5.74) is 2.51. The smallest absolute Gasteiger partial charge is 0.161 e. The molecule has 25 heavy (non-hydrogen) atoms. The topological polar surface area (TPSA) is 43.4 Å². The molecule has 2 atom stereocenters. The first-order chi connectivity index (χ1) is 12.1. The van der Waals surface area contributed by atoms with E-state index in [1.54, 1.807) is 7.11 Å². The van der Waals surface area contributed by atoms with Crippen molar-refractivity contribution in [3.05, 3.63) is 39.3 Å². The molecular weight excluding hydrogens is 332 g/mol. The van der Waals surface area contributed by atoms with Crippen LogP contribution in [0.4, 0.5) is 0 Å². The van der Waals surface area contributed by atoms with Crippen LogP contribution in [0.25, 0.3) is 0 Å². The van der Waals surface area contributed by atoms with Crippen molar-refractivity contribution in [1.29, 1.82) is 0 Å². The lowest BCUT2D eigenvalue weighted by Crippen LogP contribution is -2.22. The molecule has 0 amide bonds. The minimum absolute atomic E-state index is 0.211. The second kappa shape index (κ2) is 8.19. The molecular formula is C20H28N2O2S. The predicted octanol–water partition coefficient (Wildman–Crippen LogP) is 4.84. The minimum Gasteiger partial charge on any atom is -0.493 e. The maximum atomic E-state index is 5.74. The fraction of sp³-hybridized carbons (Fsp3) is 0.550. The Labute approximate surface area is 154 Å². The van der Waals surface area contributed by atoms with Crippen LogP contribution in [-0.2, 0) is 12.8 Å². The van der Waals surface area contributed by atoms with E-state index in [-0.39, 0.29) is 12.1 Å². The van der Waals surface area contributed by atoms with Gasteiger partial charge in [-0.2, -0.15) is 0 Å². The number of aromatic nitrogens is 1. The summed E-state index contributed by atoms with van der Waals surface area (Å²) in [6.07, 6.45) is 4.59. The molecule has 4 nitrogen and oxygen atoms in total. The lowest BCUT2D eigenvalue weighted by molar-refractivity contribution is 0.294. The lowest BCUT2D eigenvalue weighted by atomic mass is 10.1. The summed E-state index contributed by atoms with van der Waals surface area (Å²) < 4.78 is 11.2. The number of ether oxygens (including phenoxy) is 2. The first kappa shape index (κ1) is 18.2. The number of nitrogens with zero attached hydrogens (tertiary/aromatic N) is 1. The molecule has 0 spiro atoms. The van der Waals surface area contributed by atoms with Crippen molar-refractivity contribution < 1.29 is 9.47 Å². The van der Waals surface area contributed by atoms with Crippen LogP contribution in [-0.4, -0.2) is 18.7 Å². The van der Waals surface area contributed by atoms with Gasteiger partial charge in [-0.1, -0.05) is 13.0 Å². The van der Waals surface area contributed by atoms with E-state index in [1.807, 2.05) is 17.4 Å². The number of hydrogen-bond donors (Lipinski definition) is 1. The molecule has 5 heteroatoms. The Kier molecular flexibility index (Phi) is 5.97. The number of hydrogen-bond acceptors (Lipinski definition) is 5. The normalized spacial score (nSPS) is 15.7. The molecule has 0 aliphatic heterocycles. The monoisotopic (exact) mass is 360 g/mol. The lowest BCUT2D eigenvalue weighted by Gasteiger charge is -2.20. The fourth-order valence-corrected chi connectivity index (χ4v) is 4.39. The highest BCUT2D eigenvalue weighted by Gasteiger charge is 2.21. The zero-order valence-electron chi connectivity index (χ0n) is 15.6. The van der Waals surface area contributed by atoms with Crippen molar-refractivity contribution in [2.75, 3.05) is 13.7 Å². The van der Waals surface area contributed by atoms with Crippen molar-refractivity contribution in [2.45, 2.75) is 58.5 Å². The van der Waals surface area contributed by atoms with E-state index in [4.69, 9.17) is 14.5 Å². The minimum atomic E-state index is 0.211. The van der Waals surface area contributed by atoms with Gasteiger partial charge in [0.15, 0.2) is 11.5 Å². The average Bonchev–Trinajstić information content (AvgIpc) is 3.21. The molecule has 1 heterocycles. The van der Waals surface area contributed by atoms with Crippen LogP contribution >= 0.6 is 11.3 Å². The van der Waals surface area contributed by atoms with Gasteiger partial charge in [0.05, 0.1) is 25.5 Å². The van der Waals surface area contributed by atoms with E-state index in [0.29, 0.717) is 6.61 Å². The SMILES string of the molecule is CCCOc1ccc([C@H](C)N[C@@H](C)c2nc3c(s2)CCC3)cc1OC. The summed E-state index contributed by atoms with van der Waals surface area (Å²) in [7, 11) is 1.69. The van der Waals surface area contributed by atoms with Gasteiger partial charge in [-0.05, 0) is 57.2 Å². The Hall–Kier alpha value is -1.59. The van der Waals surface area contributed by atoms with E-state index >= 15 is 0 Å². The van der Waals surface area contributed by atoms with Gasteiger partial charge in [-0.15, -0.1) is 11.3 Å². The van der Waals surface area contributed by atoms with Gasteiger partial charge >= 0.3 is 0 Å². The van der Waals surface area contributed by atoms with Crippen molar-refractivity contribution in [3.63, 3.8) is 0 Å². The molecule has 1 aromatic carbocycles. The molecule has 1 aliphatic carbocycles. The van der Waals surface area contributed by atoms with E-state index in [2.05, 4.69) is 38.2 Å². The molecule has 0 saturated heterocycles. The summed E-state index contributed by atoms with van der Waals surface area (Å²) in [6.45, 7) is 7.18.